The summed E-state index contributed by atoms with van der Waals surface area (Å²) in [5.74, 6) is 0.659. The molecule has 0 fully saturated rings. The zero-order chi connectivity index (χ0) is 11.7. The molecule has 2 nitrogen and oxygen atoms in total. The van der Waals surface area contributed by atoms with Crippen LogP contribution in [-0.2, 0) is 0 Å². The molecule has 1 aromatic carbocycles. The third-order valence-electron chi connectivity index (χ3n) is 2.32. The van der Waals surface area contributed by atoms with E-state index < -0.39 is 0 Å². The van der Waals surface area contributed by atoms with E-state index in [4.69, 9.17) is 11.6 Å². The molecular formula is C12H10BrClN2. The standard InChI is InChI=1S/C12H10BrClN2/c1-7-5-9(6-8(2)11(7)13)12-15-4-3-10(14)16-12/h3-6H,1-2H3. The first-order valence-corrected chi connectivity index (χ1v) is 6.00. The van der Waals surface area contributed by atoms with Gasteiger partial charge in [-0.3, -0.25) is 0 Å². The minimum absolute atomic E-state index is 0.461. The maximum atomic E-state index is 5.85. The van der Waals surface area contributed by atoms with E-state index in [-0.39, 0.29) is 0 Å². The molecule has 2 rings (SSSR count). The highest BCUT2D eigenvalue weighted by Gasteiger charge is 2.06. The summed E-state index contributed by atoms with van der Waals surface area (Å²) >= 11 is 9.38. The summed E-state index contributed by atoms with van der Waals surface area (Å²) < 4.78 is 1.12. The topological polar surface area (TPSA) is 25.8 Å². The molecule has 0 aliphatic rings. The predicted octanol–water partition coefficient (Wildman–Crippen LogP) is 4.18. The molecule has 82 valence electrons. The Labute approximate surface area is 108 Å². The first kappa shape index (κ1) is 11.6. The van der Waals surface area contributed by atoms with E-state index in [9.17, 15) is 0 Å². The van der Waals surface area contributed by atoms with Gasteiger partial charge in [-0.1, -0.05) is 27.5 Å². The summed E-state index contributed by atoms with van der Waals surface area (Å²) in [4.78, 5) is 8.41. The fourth-order valence-electron chi connectivity index (χ4n) is 1.55. The molecule has 1 heterocycles. The second kappa shape index (κ2) is 4.52. The zero-order valence-electron chi connectivity index (χ0n) is 8.96. The summed E-state index contributed by atoms with van der Waals surface area (Å²) in [5.41, 5.74) is 3.32. The zero-order valence-corrected chi connectivity index (χ0v) is 11.3. The number of hydrogen-bond donors (Lipinski definition) is 0. The third-order valence-corrected chi connectivity index (χ3v) is 3.78. The molecule has 0 unspecified atom stereocenters. The first-order valence-electron chi connectivity index (χ1n) is 4.83. The lowest BCUT2D eigenvalue weighted by Gasteiger charge is -2.06. The Morgan fingerprint density at radius 2 is 1.81 bits per heavy atom. The van der Waals surface area contributed by atoms with Crippen LogP contribution in [0.3, 0.4) is 0 Å². The molecule has 2 aromatic rings. The van der Waals surface area contributed by atoms with Crippen molar-refractivity contribution in [2.75, 3.05) is 0 Å². The molecule has 4 heteroatoms. The minimum Gasteiger partial charge on any atom is -0.236 e. The van der Waals surface area contributed by atoms with Gasteiger partial charge in [0.2, 0.25) is 0 Å². The number of nitrogens with zero attached hydrogens (tertiary/aromatic N) is 2. The molecule has 0 amide bonds. The SMILES string of the molecule is Cc1cc(-c2nccc(Cl)n2)cc(C)c1Br. The van der Waals surface area contributed by atoms with E-state index in [2.05, 4.69) is 25.9 Å². The monoisotopic (exact) mass is 296 g/mol. The second-order valence-corrected chi connectivity index (χ2v) is 4.81. The molecular weight excluding hydrogens is 288 g/mol. The van der Waals surface area contributed by atoms with Gasteiger partial charge in [0.25, 0.3) is 0 Å². The number of hydrogen-bond acceptors (Lipinski definition) is 2. The van der Waals surface area contributed by atoms with Crippen molar-refractivity contribution in [1.82, 2.24) is 9.97 Å². The van der Waals surface area contributed by atoms with Gasteiger partial charge in [-0.2, -0.15) is 0 Å². The van der Waals surface area contributed by atoms with Crippen LogP contribution in [0.1, 0.15) is 11.1 Å². The molecule has 0 spiro atoms. The van der Waals surface area contributed by atoms with Crippen molar-refractivity contribution in [2.24, 2.45) is 0 Å². The number of halogens is 2. The highest BCUT2D eigenvalue weighted by atomic mass is 79.9. The van der Waals surface area contributed by atoms with Crippen LogP contribution in [0.5, 0.6) is 0 Å². The smallest absolute Gasteiger partial charge is 0.160 e. The molecule has 0 saturated carbocycles. The second-order valence-electron chi connectivity index (χ2n) is 3.63. The largest absolute Gasteiger partial charge is 0.236 e. The molecule has 1 aromatic heterocycles. The fourth-order valence-corrected chi connectivity index (χ4v) is 1.92. The van der Waals surface area contributed by atoms with E-state index in [1.807, 2.05) is 26.0 Å². The van der Waals surface area contributed by atoms with Crippen LogP contribution in [-0.4, -0.2) is 9.97 Å². The van der Waals surface area contributed by atoms with Crippen LogP contribution in [0.4, 0.5) is 0 Å². The summed E-state index contributed by atoms with van der Waals surface area (Å²) in [6.07, 6.45) is 1.66. The number of rotatable bonds is 1. The maximum Gasteiger partial charge on any atom is 0.160 e. The van der Waals surface area contributed by atoms with Crippen LogP contribution >= 0.6 is 27.5 Å². The van der Waals surface area contributed by atoms with Crippen LogP contribution in [0.2, 0.25) is 5.15 Å². The van der Waals surface area contributed by atoms with Crippen molar-refractivity contribution >= 4 is 27.5 Å². The van der Waals surface area contributed by atoms with Crippen molar-refractivity contribution in [3.8, 4) is 11.4 Å². The molecule has 0 aliphatic heterocycles. The number of aromatic nitrogens is 2. The average Bonchev–Trinajstić information content (AvgIpc) is 2.25. The maximum absolute atomic E-state index is 5.85. The van der Waals surface area contributed by atoms with Gasteiger partial charge in [0, 0.05) is 16.2 Å². The van der Waals surface area contributed by atoms with Crippen molar-refractivity contribution in [3.63, 3.8) is 0 Å². The molecule has 0 radical (unpaired) electrons. The van der Waals surface area contributed by atoms with Gasteiger partial charge in [0.1, 0.15) is 5.15 Å². The molecule has 0 N–H and O–H groups in total. The highest BCUT2D eigenvalue weighted by Crippen LogP contribution is 2.27. The van der Waals surface area contributed by atoms with E-state index in [0.717, 1.165) is 10.0 Å². The molecule has 16 heavy (non-hydrogen) atoms. The summed E-state index contributed by atoms with van der Waals surface area (Å²) in [5, 5.41) is 0.461. The Balaban J connectivity index is 2.57. The van der Waals surface area contributed by atoms with Crippen LogP contribution in [0.15, 0.2) is 28.9 Å². The number of benzene rings is 1. The predicted molar refractivity (Wildman–Crippen MR) is 69.7 cm³/mol. The van der Waals surface area contributed by atoms with E-state index >= 15 is 0 Å². The van der Waals surface area contributed by atoms with Gasteiger partial charge in [-0.15, -0.1) is 0 Å². The highest BCUT2D eigenvalue weighted by molar-refractivity contribution is 9.10. The normalized spacial score (nSPS) is 10.5. The Morgan fingerprint density at radius 3 is 2.38 bits per heavy atom. The van der Waals surface area contributed by atoms with Gasteiger partial charge in [-0.05, 0) is 43.2 Å². The van der Waals surface area contributed by atoms with Gasteiger partial charge < -0.3 is 0 Å². The molecule has 0 atom stereocenters. The van der Waals surface area contributed by atoms with Crippen molar-refractivity contribution in [1.29, 1.82) is 0 Å². The summed E-state index contributed by atoms with van der Waals surface area (Å²) in [6, 6.07) is 5.76. The Hall–Kier alpha value is -0.930. The average molecular weight is 298 g/mol. The Bertz CT molecular complexity index is 517. The Morgan fingerprint density at radius 1 is 1.19 bits per heavy atom. The summed E-state index contributed by atoms with van der Waals surface area (Å²) in [7, 11) is 0. The van der Waals surface area contributed by atoms with Crippen LogP contribution < -0.4 is 0 Å². The lowest BCUT2D eigenvalue weighted by molar-refractivity contribution is 1.17. The molecule has 0 bridgehead atoms. The van der Waals surface area contributed by atoms with Crippen LogP contribution in [0.25, 0.3) is 11.4 Å². The fraction of sp³-hybridized carbons (Fsp3) is 0.167. The van der Waals surface area contributed by atoms with E-state index in [1.165, 1.54) is 11.1 Å². The van der Waals surface area contributed by atoms with Gasteiger partial charge in [0.05, 0.1) is 0 Å². The van der Waals surface area contributed by atoms with Crippen LogP contribution in [0, 0.1) is 13.8 Å². The van der Waals surface area contributed by atoms with Gasteiger partial charge >= 0.3 is 0 Å². The van der Waals surface area contributed by atoms with E-state index in [1.54, 1.807) is 12.3 Å². The minimum atomic E-state index is 0.461. The summed E-state index contributed by atoms with van der Waals surface area (Å²) in [6.45, 7) is 4.09. The molecule has 0 aliphatic carbocycles. The quantitative estimate of drug-likeness (QED) is 0.738. The lowest BCUT2D eigenvalue weighted by atomic mass is 10.1. The van der Waals surface area contributed by atoms with E-state index in [0.29, 0.717) is 11.0 Å². The van der Waals surface area contributed by atoms with Gasteiger partial charge in [0.15, 0.2) is 5.82 Å². The van der Waals surface area contributed by atoms with Crippen molar-refractivity contribution in [3.05, 3.63) is 45.1 Å². The molecule has 0 saturated heterocycles. The Kier molecular flexibility index (Phi) is 3.26. The number of aryl methyl sites for hydroxylation is 2. The van der Waals surface area contributed by atoms with Crippen molar-refractivity contribution in [2.45, 2.75) is 13.8 Å². The third kappa shape index (κ3) is 2.25. The lowest BCUT2D eigenvalue weighted by Crippen LogP contribution is -1.91. The van der Waals surface area contributed by atoms with Gasteiger partial charge in [-0.25, -0.2) is 9.97 Å². The first-order chi connectivity index (χ1) is 7.58. The van der Waals surface area contributed by atoms with Crippen molar-refractivity contribution < 1.29 is 0 Å².